The van der Waals surface area contributed by atoms with Crippen LogP contribution in [0.25, 0.3) is 0 Å². The lowest BCUT2D eigenvalue weighted by molar-refractivity contribution is -0.128. The van der Waals surface area contributed by atoms with Crippen molar-refractivity contribution in [3.63, 3.8) is 0 Å². The predicted octanol–water partition coefficient (Wildman–Crippen LogP) is 2.38. The molecule has 2 unspecified atom stereocenters. The maximum absolute atomic E-state index is 12.7. The van der Waals surface area contributed by atoms with Crippen molar-refractivity contribution in [2.45, 2.75) is 70.8 Å². The quantitative estimate of drug-likeness (QED) is 0.238. The zero-order valence-corrected chi connectivity index (χ0v) is 12.4. The van der Waals surface area contributed by atoms with Crippen molar-refractivity contribution in [1.29, 1.82) is 0 Å². The summed E-state index contributed by atoms with van der Waals surface area (Å²) in [6.07, 6.45) is 8.96. The molecule has 0 saturated heterocycles. The van der Waals surface area contributed by atoms with Gasteiger partial charge in [-0.1, -0.05) is 44.2 Å². The summed E-state index contributed by atoms with van der Waals surface area (Å²) in [5, 5.41) is 15.4. The minimum Gasteiger partial charge on any atom is -0.409 e. The average molecular weight is 281 g/mol. The maximum atomic E-state index is 12.7. The summed E-state index contributed by atoms with van der Waals surface area (Å²) in [4.78, 5) is 12.7. The molecule has 2 fully saturated rings. The molecule has 0 heterocycles. The molecule has 2 rings (SSSR count). The molecule has 0 aromatic carbocycles. The van der Waals surface area contributed by atoms with Crippen LogP contribution in [0.3, 0.4) is 0 Å². The molecule has 0 aliphatic heterocycles. The number of hydrogen-bond acceptors (Lipinski definition) is 3. The Bertz CT molecular complexity index is 373. The monoisotopic (exact) mass is 281 g/mol. The van der Waals surface area contributed by atoms with Gasteiger partial charge in [-0.25, -0.2) is 0 Å². The van der Waals surface area contributed by atoms with E-state index in [4.69, 9.17) is 10.9 Å². The van der Waals surface area contributed by atoms with Crippen LogP contribution in [0.1, 0.15) is 64.7 Å². The first-order valence-corrected chi connectivity index (χ1v) is 7.93. The molecule has 2 aliphatic rings. The highest BCUT2D eigenvalue weighted by Crippen LogP contribution is 2.39. The van der Waals surface area contributed by atoms with Crippen molar-refractivity contribution in [3.05, 3.63) is 0 Å². The fourth-order valence-corrected chi connectivity index (χ4v) is 3.45. The van der Waals surface area contributed by atoms with E-state index in [1.165, 1.54) is 6.42 Å². The summed E-state index contributed by atoms with van der Waals surface area (Å²) in [7, 11) is 0. The Balaban J connectivity index is 2.05. The minimum atomic E-state index is -0.787. The normalized spacial score (nSPS) is 29.6. The van der Waals surface area contributed by atoms with Crippen LogP contribution in [-0.2, 0) is 4.79 Å². The van der Waals surface area contributed by atoms with Gasteiger partial charge in [0.1, 0.15) is 5.41 Å². The smallest absolute Gasteiger partial charge is 0.234 e. The number of carbonyl (C=O) groups excluding carboxylic acids is 1. The van der Waals surface area contributed by atoms with Crippen molar-refractivity contribution in [3.8, 4) is 0 Å². The van der Waals surface area contributed by atoms with Gasteiger partial charge in [0, 0.05) is 6.04 Å². The second kappa shape index (κ2) is 6.46. The molecular formula is C15H27N3O2. The van der Waals surface area contributed by atoms with E-state index in [-0.39, 0.29) is 11.7 Å². The highest BCUT2D eigenvalue weighted by Gasteiger charge is 2.46. The summed E-state index contributed by atoms with van der Waals surface area (Å²) in [5.41, 5.74) is 5.09. The van der Waals surface area contributed by atoms with Gasteiger partial charge in [0.15, 0.2) is 5.84 Å². The molecule has 2 aliphatic carbocycles. The van der Waals surface area contributed by atoms with E-state index < -0.39 is 5.41 Å². The average Bonchev–Trinajstić information content (AvgIpc) is 3.21. The predicted molar refractivity (Wildman–Crippen MR) is 78.5 cm³/mol. The first-order chi connectivity index (χ1) is 9.64. The largest absolute Gasteiger partial charge is 0.409 e. The van der Waals surface area contributed by atoms with E-state index in [0.717, 1.165) is 38.5 Å². The summed E-state index contributed by atoms with van der Waals surface area (Å²) in [6, 6.07) is 0.300. The van der Waals surface area contributed by atoms with Crippen LogP contribution in [0, 0.1) is 11.3 Å². The fourth-order valence-electron chi connectivity index (χ4n) is 3.45. The van der Waals surface area contributed by atoms with Gasteiger partial charge in [-0.05, 0) is 31.6 Å². The molecule has 5 nitrogen and oxygen atoms in total. The number of rotatable bonds is 5. The van der Waals surface area contributed by atoms with E-state index in [1.807, 2.05) is 0 Å². The molecule has 20 heavy (non-hydrogen) atoms. The van der Waals surface area contributed by atoms with Crippen LogP contribution >= 0.6 is 0 Å². The van der Waals surface area contributed by atoms with Gasteiger partial charge in [-0.15, -0.1) is 0 Å². The van der Waals surface area contributed by atoms with Gasteiger partial charge in [-0.3, -0.25) is 4.79 Å². The molecule has 0 bridgehead atoms. The number of amidine groups is 1. The molecule has 0 radical (unpaired) electrons. The van der Waals surface area contributed by atoms with Crippen molar-refractivity contribution >= 4 is 11.7 Å². The fraction of sp³-hybridized carbons (Fsp3) is 0.867. The van der Waals surface area contributed by atoms with Gasteiger partial charge in [0.2, 0.25) is 5.91 Å². The molecule has 5 heteroatoms. The lowest BCUT2D eigenvalue weighted by atomic mass is 9.78. The number of amides is 1. The second-order valence-electron chi connectivity index (χ2n) is 6.35. The number of carbonyl (C=O) groups is 1. The number of oxime groups is 1. The Labute approximate surface area is 121 Å². The molecule has 0 aromatic rings. The summed E-state index contributed by atoms with van der Waals surface area (Å²) >= 11 is 0. The molecule has 2 saturated carbocycles. The van der Waals surface area contributed by atoms with Gasteiger partial charge in [-0.2, -0.15) is 0 Å². The topological polar surface area (TPSA) is 87.7 Å². The van der Waals surface area contributed by atoms with Crippen molar-refractivity contribution in [2.24, 2.45) is 22.2 Å². The molecule has 4 N–H and O–H groups in total. The molecule has 0 aromatic heterocycles. The van der Waals surface area contributed by atoms with E-state index in [1.54, 1.807) is 0 Å². The Hall–Kier alpha value is -1.26. The molecule has 1 amide bonds. The van der Waals surface area contributed by atoms with Crippen LogP contribution in [0.2, 0.25) is 0 Å². The van der Waals surface area contributed by atoms with Crippen LogP contribution in [0.4, 0.5) is 0 Å². The number of nitrogens with two attached hydrogens (primary N) is 1. The first-order valence-electron chi connectivity index (χ1n) is 7.93. The highest BCUT2D eigenvalue weighted by atomic mass is 16.4. The van der Waals surface area contributed by atoms with E-state index in [9.17, 15) is 4.79 Å². The van der Waals surface area contributed by atoms with Crippen molar-refractivity contribution < 1.29 is 10.0 Å². The van der Waals surface area contributed by atoms with Crippen LogP contribution in [0.15, 0.2) is 5.16 Å². The molecule has 0 spiro atoms. The summed E-state index contributed by atoms with van der Waals surface area (Å²) in [6.45, 7) is 2.17. The van der Waals surface area contributed by atoms with Crippen LogP contribution in [0.5, 0.6) is 0 Å². The van der Waals surface area contributed by atoms with Crippen LogP contribution < -0.4 is 11.1 Å². The van der Waals surface area contributed by atoms with E-state index in [2.05, 4.69) is 17.4 Å². The van der Waals surface area contributed by atoms with Crippen molar-refractivity contribution in [1.82, 2.24) is 5.32 Å². The van der Waals surface area contributed by atoms with Gasteiger partial charge in [0.25, 0.3) is 0 Å². The maximum Gasteiger partial charge on any atom is 0.234 e. The summed E-state index contributed by atoms with van der Waals surface area (Å²) in [5.74, 6) is 0.682. The third-order valence-corrected chi connectivity index (χ3v) is 4.89. The lowest BCUT2D eigenvalue weighted by Gasteiger charge is -2.30. The zero-order chi connectivity index (χ0) is 14.6. The third kappa shape index (κ3) is 3.07. The SMILES string of the molecule is CCCC1CC1NC(=O)C1(C(N)=NO)CCCCCC1. The van der Waals surface area contributed by atoms with Gasteiger partial charge in [0.05, 0.1) is 0 Å². The number of hydrogen-bond donors (Lipinski definition) is 3. The number of nitrogens with zero attached hydrogens (tertiary/aromatic N) is 1. The Kier molecular flexibility index (Phi) is 4.89. The standard InChI is InChI=1S/C15H27N3O2/c1-2-7-11-10-12(11)17-14(19)15(13(16)18-20)8-5-3-4-6-9-15/h11-12,20H,2-10H2,1H3,(H2,16,18)(H,17,19). The van der Waals surface area contributed by atoms with Crippen molar-refractivity contribution in [2.75, 3.05) is 0 Å². The van der Waals surface area contributed by atoms with E-state index in [0.29, 0.717) is 24.8 Å². The lowest BCUT2D eigenvalue weighted by Crippen LogP contribution is -2.50. The highest BCUT2D eigenvalue weighted by molar-refractivity contribution is 6.06. The first kappa shape index (κ1) is 15.1. The van der Waals surface area contributed by atoms with Gasteiger partial charge < -0.3 is 16.3 Å². The Morgan fingerprint density at radius 3 is 2.55 bits per heavy atom. The van der Waals surface area contributed by atoms with E-state index >= 15 is 0 Å². The van der Waals surface area contributed by atoms with Gasteiger partial charge >= 0.3 is 0 Å². The molecule has 2 atom stereocenters. The minimum absolute atomic E-state index is 0.0293. The summed E-state index contributed by atoms with van der Waals surface area (Å²) < 4.78 is 0. The van der Waals surface area contributed by atoms with Crippen LogP contribution in [-0.4, -0.2) is 23.0 Å². The molecular weight excluding hydrogens is 254 g/mol. The second-order valence-corrected chi connectivity index (χ2v) is 6.35. The Morgan fingerprint density at radius 2 is 2.00 bits per heavy atom. The Morgan fingerprint density at radius 1 is 1.35 bits per heavy atom. The third-order valence-electron chi connectivity index (χ3n) is 4.89. The zero-order valence-electron chi connectivity index (χ0n) is 12.4. The number of nitrogens with one attached hydrogen (secondary N) is 1. The molecule has 114 valence electrons.